The van der Waals surface area contributed by atoms with Crippen molar-refractivity contribution in [3.63, 3.8) is 0 Å². The van der Waals surface area contributed by atoms with Crippen molar-refractivity contribution in [2.45, 2.75) is 26.2 Å². The quantitative estimate of drug-likeness (QED) is 0.235. The highest BCUT2D eigenvalue weighted by molar-refractivity contribution is 6.02. The van der Waals surface area contributed by atoms with E-state index in [0.29, 0.717) is 22.6 Å². The summed E-state index contributed by atoms with van der Waals surface area (Å²) in [6.45, 7) is 3.17. The van der Waals surface area contributed by atoms with Crippen LogP contribution in [-0.4, -0.2) is 11.4 Å². The summed E-state index contributed by atoms with van der Waals surface area (Å²) >= 11 is 0. The molecular formula is C24H19F6N3. The largest absolute Gasteiger partial charge is 0.418 e. The van der Waals surface area contributed by atoms with Crippen LogP contribution in [-0.2, 0) is 12.4 Å². The van der Waals surface area contributed by atoms with Gasteiger partial charge >= 0.3 is 12.4 Å². The maximum absolute atomic E-state index is 13.8. The molecule has 3 rings (SSSR count). The van der Waals surface area contributed by atoms with Crippen molar-refractivity contribution in [1.29, 1.82) is 5.41 Å². The lowest BCUT2D eigenvalue weighted by Gasteiger charge is -2.15. The number of rotatable bonds is 4. The summed E-state index contributed by atoms with van der Waals surface area (Å²) in [5, 5.41) is 7.61. The van der Waals surface area contributed by atoms with Crippen LogP contribution in [0.1, 0.15) is 36.1 Å². The number of hydrogen-bond donors (Lipinski definition) is 2. The minimum Gasteiger partial charge on any atom is -0.398 e. The standard InChI is InChI=1S/C24H19F6N3/c1-13(31)15-3-5-16(6-4-15)14(2)33-22-10-8-18(12-20(22)24(28,29)30)17-7-9-21(32)19(11-17)23(25,26)27/h3-12,31H,32H2,1-2H3. The molecule has 0 atom stereocenters. The normalized spacial score (nSPS) is 12.7. The van der Waals surface area contributed by atoms with Gasteiger partial charge < -0.3 is 11.1 Å². The van der Waals surface area contributed by atoms with Gasteiger partial charge in [0.15, 0.2) is 0 Å². The van der Waals surface area contributed by atoms with Crippen LogP contribution >= 0.6 is 0 Å². The van der Waals surface area contributed by atoms with Gasteiger partial charge in [0.2, 0.25) is 0 Å². The Morgan fingerprint density at radius 2 is 1.21 bits per heavy atom. The molecule has 3 aromatic carbocycles. The van der Waals surface area contributed by atoms with Crippen LogP contribution in [0.15, 0.2) is 65.7 Å². The van der Waals surface area contributed by atoms with Gasteiger partial charge in [0.05, 0.1) is 16.8 Å². The van der Waals surface area contributed by atoms with Crippen molar-refractivity contribution in [3.8, 4) is 11.1 Å². The average molecular weight is 463 g/mol. The lowest BCUT2D eigenvalue weighted by molar-refractivity contribution is -0.137. The molecule has 172 valence electrons. The third kappa shape index (κ3) is 5.42. The fraction of sp³-hybridized carbons (Fsp3) is 0.167. The molecule has 3 nitrogen and oxygen atoms in total. The molecule has 3 N–H and O–H groups in total. The molecule has 0 unspecified atom stereocenters. The fourth-order valence-corrected chi connectivity index (χ4v) is 3.23. The van der Waals surface area contributed by atoms with Crippen LogP contribution in [0.2, 0.25) is 0 Å². The van der Waals surface area contributed by atoms with Gasteiger partial charge in [0.25, 0.3) is 0 Å². The van der Waals surface area contributed by atoms with E-state index in [9.17, 15) is 26.3 Å². The first-order chi connectivity index (χ1) is 15.3. The Bertz CT molecular complexity index is 1220. The Hall–Kier alpha value is -3.62. The van der Waals surface area contributed by atoms with Gasteiger partial charge in [0, 0.05) is 17.1 Å². The summed E-state index contributed by atoms with van der Waals surface area (Å²) in [7, 11) is 0. The van der Waals surface area contributed by atoms with Crippen LogP contribution < -0.4 is 5.73 Å². The highest BCUT2D eigenvalue weighted by Gasteiger charge is 2.35. The first-order valence-corrected chi connectivity index (χ1v) is 9.67. The second kappa shape index (κ2) is 8.73. The van der Waals surface area contributed by atoms with Gasteiger partial charge in [-0.3, -0.25) is 4.99 Å². The molecule has 33 heavy (non-hydrogen) atoms. The molecular weight excluding hydrogens is 444 g/mol. The van der Waals surface area contributed by atoms with Gasteiger partial charge in [0.1, 0.15) is 0 Å². The molecule has 0 bridgehead atoms. The predicted octanol–water partition coefficient (Wildman–Crippen LogP) is 7.50. The fourth-order valence-electron chi connectivity index (χ4n) is 3.23. The number of nitrogen functional groups attached to an aromatic ring is 1. The van der Waals surface area contributed by atoms with Gasteiger partial charge in [-0.1, -0.05) is 36.4 Å². The molecule has 0 aliphatic rings. The van der Waals surface area contributed by atoms with Crippen LogP contribution in [0.3, 0.4) is 0 Å². The molecule has 9 heteroatoms. The number of alkyl halides is 6. The number of benzene rings is 3. The third-order valence-electron chi connectivity index (χ3n) is 5.02. The van der Waals surface area contributed by atoms with E-state index in [1.54, 1.807) is 38.1 Å². The third-order valence-corrected chi connectivity index (χ3v) is 5.02. The van der Waals surface area contributed by atoms with Crippen molar-refractivity contribution in [2.75, 3.05) is 5.73 Å². The Labute approximate surface area is 186 Å². The second-order valence-electron chi connectivity index (χ2n) is 7.43. The van der Waals surface area contributed by atoms with E-state index in [1.165, 1.54) is 12.1 Å². The Balaban J connectivity index is 2.07. The van der Waals surface area contributed by atoms with E-state index in [-0.39, 0.29) is 16.8 Å². The molecule has 0 spiro atoms. The lowest BCUT2D eigenvalue weighted by Crippen LogP contribution is -2.09. The van der Waals surface area contributed by atoms with E-state index in [2.05, 4.69) is 4.99 Å². The number of aliphatic imine (C=N–C) groups is 1. The number of nitrogens with one attached hydrogen (secondary N) is 1. The number of hydrogen-bond acceptors (Lipinski definition) is 3. The molecule has 0 radical (unpaired) electrons. The number of nitrogens with zero attached hydrogens (tertiary/aromatic N) is 1. The van der Waals surface area contributed by atoms with Crippen LogP contribution in [0.4, 0.5) is 37.7 Å². The molecule has 0 saturated carbocycles. The monoisotopic (exact) mass is 463 g/mol. The maximum atomic E-state index is 13.8. The first kappa shape index (κ1) is 24.0. The van der Waals surface area contributed by atoms with Gasteiger partial charge in [-0.05, 0) is 60.4 Å². The van der Waals surface area contributed by atoms with E-state index in [0.717, 1.165) is 24.3 Å². The SMILES string of the molecule is CC(=N)c1ccc(C(C)=Nc2ccc(-c3ccc(N)c(C(F)(F)F)c3)cc2C(F)(F)F)cc1. The molecule has 0 aliphatic heterocycles. The summed E-state index contributed by atoms with van der Waals surface area (Å²) in [5.41, 5.74) is 4.14. The molecule has 0 fully saturated rings. The second-order valence-corrected chi connectivity index (χ2v) is 7.43. The van der Waals surface area contributed by atoms with E-state index >= 15 is 0 Å². The molecule has 0 amide bonds. The summed E-state index contributed by atoms with van der Waals surface area (Å²) in [5.74, 6) is 0. The van der Waals surface area contributed by atoms with Crippen molar-refractivity contribution in [3.05, 3.63) is 82.9 Å². The summed E-state index contributed by atoms with van der Waals surface area (Å²) in [6, 6.07) is 12.8. The van der Waals surface area contributed by atoms with E-state index in [4.69, 9.17) is 11.1 Å². The Morgan fingerprint density at radius 3 is 1.73 bits per heavy atom. The molecule has 0 aliphatic carbocycles. The maximum Gasteiger partial charge on any atom is 0.418 e. The Morgan fingerprint density at radius 1 is 0.727 bits per heavy atom. The summed E-state index contributed by atoms with van der Waals surface area (Å²) in [4.78, 5) is 4.12. The minimum atomic E-state index is -4.78. The van der Waals surface area contributed by atoms with Gasteiger partial charge in [-0.15, -0.1) is 0 Å². The zero-order valence-corrected chi connectivity index (χ0v) is 17.6. The Kier molecular flexibility index (Phi) is 6.35. The van der Waals surface area contributed by atoms with Crippen molar-refractivity contribution in [2.24, 2.45) is 4.99 Å². The van der Waals surface area contributed by atoms with Crippen molar-refractivity contribution >= 4 is 22.8 Å². The van der Waals surface area contributed by atoms with Crippen molar-refractivity contribution in [1.82, 2.24) is 0 Å². The highest BCUT2D eigenvalue weighted by atomic mass is 19.4. The summed E-state index contributed by atoms with van der Waals surface area (Å²) in [6.07, 6.45) is -9.52. The smallest absolute Gasteiger partial charge is 0.398 e. The van der Waals surface area contributed by atoms with E-state index in [1.807, 2.05) is 0 Å². The zero-order chi connectivity index (χ0) is 24.6. The summed E-state index contributed by atoms with van der Waals surface area (Å²) < 4.78 is 80.8. The zero-order valence-electron chi connectivity index (χ0n) is 17.6. The van der Waals surface area contributed by atoms with Crippen LogP contribution in [0.25, 0.3) is 11.1 Å². The molecule has 0 heterocycles. The highest BCUT2D eigenvalue weighted by Crippen LogP contribution is 2.41. The van der Waals surface area contributed by atoms with E-state index < -0.39 is 29.2 Å². The minimum absolute atomic E-state index is 0.0461. The molecule has 3 aromatic rings. The van der Waals surface area contributed by atoms with Gasteiger partial charge in [-0.25, -0.2) is 0 Å². The molecule has 0 aromatic heterocycles. The van der Waals surface area contributed by atoms with Gasteiger partial charge in [-0.2, -0.15) is 26.3 Å². The average Bonchev–Trinajstić information content (AvgIpc) is 2.73. The predicted molar refractivity (Wildman–Crippen MR) is 117 cm³/mol. The number of nitrogens with two attached hydrogens (primary N) is 1. The van der Waals surface area contributed by atoms with Crippen LogP contribution in [0, 0.1) is 5.41 Å². The number of halogens is 6. The first-order valence-electron chi connectivity index (χ1n) is 9.67. The topological polar surface area (TPSA) is 62.2 Å². The number of anilines is 1. The van der Waals surface area contributed by atoms with Crippen molar-refractivity contribution < 1.29 is 26.3 Å². The van der Waals surface area contributed by atoms with Crippen LogP contribution in [0.5, 0.6) is 0 Å². The molecule has 0 saturated heterocycles. The lowest BCUT2D eigenvalue weighted by atomic mass is 9.98.